The Morgan fingerprint density at radius 2 is 1.78 bits per heavy atom. The zero-order valence-electron chi connectivity index (χ0n) is 12.7. The second-order valence-electron chi connectivity index (χ2n) is 5.57. The maximum atomic E-state index is 12.7. The summed E-state index contributed by atoms with van der Waals surface area (Å²) in [5.41, 5.74) is 1.08. The van der Waals surface area contributed by atoms with Crippen molar-refractivity contribution in [2.45, 2.75) is 24.2 Å². The Morgan fingerprint density at radius 3 is 2.43 bits per heavy atom. The molecule has 120 valence electrons. The van der Waals surface area contributed by atoms with Crippen LogP contribution in [-0.4, -0.2) is 18.5 Å². The van der Waals surface area contributed by atoms with Crippen LogP contribution in [0, 0.1) is 13.8 Å². The summed E-state index contributed by atoms with van der Waals surface area (Å²) in [5, 5.41) is 11.4. The molecule has 0 radical (unpaired) electrons. The Balaban J connectivity index is 2.19. The van der Waals surface area contributed by atoms with Crippen LogP contribution < -0.4 is 0 Å². The van der Waals surface area contributed by atoms with Crippen LogP contribution in [0.5, 0.6) is 0 Å². The van der Waals surface area contributed by atoms with Gasteiger partial charge in [-0.25, -0.2) is 8.42 Å². The quantitative estimate of drug-likeness (QED) is 0.753. The molecule has 2 aromatic carbocycles. The number of aromatic nitrogens is 1. The van der Waals surface area contributed by atoms with Gasteiger partial charge in [-0.2, -0.15) is 0 Å². The maximum Gasteiger partial charge on any atom is 0.209 e. The lowest BCUT2D eigenvalue weighted by Gasteiger charge is -2.16. The normalized spacial score (nSPS) is 13.4. The SMILES string of the molecule is Cc1ccc(S(=O)(=O)C(O)c2c(Cl)cc(C)c3[nH]ccc23)cc1. The molecule has 2 N–H and O–H groups in total. The molecular formula is C17H16ClNO3S. The van der Waals surface area contributed by atoms with E-state index in [1.165, 1.54) is 12.1 Å². The van der Waals surface area contributed by atoms with Crippen molar-refractivity contribution in [1.29, 1.82) is 0 Å². The smallest absolute Gasteiger partial charge is 0.209 e. The molecule has 1 atom stereocenters. The number of aliphatic hydroxyl groups excluding tert-OH is 1. The highest BCUT2D eigenvalue weighted by molar-refractivity contribution is 7.91. The van der Waals surface area contributed by atoms with Gasteiger partial charge in [-0.3, -0.25) is 0 Å². The third kappa shape index (κ3) is 2.65. The van der Waals surface area contributed by atoms with Gasteiger partial charge >= 0.3 is 0 Å². The van der Waals surface area contributed by atoms with Gasteiger partial charge in [0.05, 0.1) is 4.90 Å². The predicted octanol–water partition coefficient (Wildman–Crippen LogP) is 3.90. The molecule has 4 nitrogen and oxygen atoms in total. The van der Waals surface area contributed by atoms with E-state index in [-0.39, 0.29) is 15.5 Å². The number of rotatable bonds is 3. The van der Waals surface area contributed by atoms with Gasteiger partial charge < -0.3 is 10.1 Å². The molecule has 0 aliphatic rings. The summed E-state index contributed by atoms with van der Waals surface area (Å²) in [6, 6.07) is 9.75. The van der Waals surface area contributed by atoms with E-state index in [1.807, 2.05) is 13.8 Å². The summed E-state index contributed by atoms with van der Waals surface area (Å²) >= 11 is 6.24. The number of sulfone groups is 1. The lowest BCUT2D eigenvalue weighted by Crippen LogP contribution is -2.14. The van der Waals surface area contributed by atoms with Crippen molar-refractivity contribution in [3.63, 3.8) is 0 Å². The van der Waals surface area contributed by atoms with Crippen molar-refractivity contribution in [3.8, 4) is 0 Å². The van der Waals surface area contributed by atoms with Crippen LogP contribution in [0.25, 0.3) is 10.9 Å². The number of fused-ring (bicyclic) bond motifs is 1. The lowest BCUT2D eigenvalue weighted by atomic mass is 10.1. The van der Waals surface area contributed by atoms with Gasteiger partial charge in [0, 0.05) is 27.7 Å². The number of hydrogen-bond acceptors (Lipinski definition) is 3. The molecule has 1 aromatic heterocycles. The standard InChI is InChI=1S/C17H16ClNO3S/c1-10-3-5-12(6-4-10)23(21,22)17(20)15-13-7-8-19-16(13)11(2)9-14(15)18/h3-9,17,19-20H,1-2H3. The van der Waals surface area contributed by atoms with Crippen molar-refractivity contribution in [2.75, 3.05) is 0 Å². The highest BCUT2D eigenvalue weighted by Crippen LogP contribution is 2.37. The average molecular weight is 350 g/mol. The minimum Gasteiger partial charge on any atom is -0.373 e. The van der Waals surface area contributed by atoms with Crippen LogP contribution in [0.3, 0.4) is 0 Å². The summed E-state index contributed by atoms with van der Waals surface area (Å²) in [7, 11) is -3.96. The first-order valence-corrected chi connectivity index (χ1v) is 8.99. The monoisotopic (exact) mass is 349 g/mol. The topological polar surface area (TPSA) is 70.2 Å². The maximum absolute atomic E-state index is 12.7. The second kappa shape index (κ2) is 5.67. The molecule has 1 heterocycles. The molecule has 6 heteroatoms. The number of hydrogen-bond donors (Lipinski definition) is 2. The van der Waals surface area contributed by atoms with Crippen LogP contribution in [0.2, 0.25) is 5.02 Å². The fraction of sp³-hybridized carbons (Fsp3) is 0.176. The molecular weight excluding hydrogens is 334 g/mol. The van der Waals surface area contributed by atoms with Crippen molar-refractivity contribution in [1.82, 2.24) is 4.98 Å². The Labute approximate surface area is 139 Å². The Hall–Kier alpha value is -1.82. The number of benzene rings is 2. The van der Waals surface area contributed by atoms with Gasteiger partial charge in [-0.1, -0.05) is 29.3 Å². The number of H-pyrrole nitrogens is 1. The molecule has 1 unspecified atom stereocenters. The molecule has 23 heavy (non-hydrogen) atoms. The van der Waals surface area contributed by atoms with Gasteiger partial charge in [-0.15, -0.1) is 0 Å². The van der Waals surface area contributed by atoms with Gasteiger partial charge in [0.15, 0.2) is 5.44 Å². The van der Waals surface area contributed by atoms with E-state index in [2.05, 4.69) is 4.98 Å². The number of aliphatic hydroxyl groups is 1. The highest BCUT2D eigenvalue weighted by atomic mass is 35.5. The zero-order valence-corrected chi connectivity index (χ0v) is 14.2. The summed E-state index contributed by atoms with van der Waals surface area (Å²) in [6.45, 7) is 3.74. The molecule has 0 aliphatic carbocycles. The van der Waals surface area contributed by atoms with E-state index in [9.17, 15) is 13.5 Å². The highest BCUT2D eigenvalue weighted by Gasteiger charge is 2.30. The van der Waals surface area contributed by atoms with Gasteiger partial charge in [-0.05, 0) is 43.7 Å². The minimum atomic E-state index is -3.96. The molecule has 3 rings (SSSR count). The lowest BCUT2D eigenvalue weighted by molar-refractivity contribution is 0.256. The molecule has 0 spiro atoms. The van der Waals surface area contributed by atoms with Gasteiger partial charge in [0.1, 0.15) is 0 Å². The zero-order chi connectivity index (χ0) is 16.8. The van der Waals surface area contributed by atoms with Crippen LogP contribution >= 0.6 is 11.6 Å². The number of aromatic amines is 1. The van der Waals surface area contributed by atoms with Crippen LogP contribution in [-0.2, 0) is 9.84 Å². The van der Waals surface area contributed by atoms with Crippen molar-refractivity contribution >= 4 is 32.3 Å². The first-order chi connectivity index (χ1) is 10.8. The van der Waals surface area contributed by atoms with E-state index in [0.717, 1.165) is 16.6 Å². The van der Waals surface area contributed by atoms with Crippen molar-refractivity contribution < 1.29 is 13.5 Å². The predicted molar refractivity (Wildman–Crippen MR) is 91.4 cm³/mol. The summed E-state index contributed by atoms with van der Waals surface area (Å²) < 4.78 is 25.5. The molecule has 3 aromatic rings. The van der Waals surface area contributed by atoms with Crippen LogP contribution in [0.4, 0.5) is 0 Å². The Bertz CT molecular complexity index is 975. The molecule has 0 fully saturated rings. The minimum absolute atomic E-state index is 0.0657. The Kier molecular flexibility index (Phi) is 3.96. The van der Waals surface area contributed by atoms with E-state index < -0.39 is 15.3 Å². The molecule has 0 saturated carbocycles. The Morgan fingerprint density at radius 1 is 1.13 bits per heavy atom. The van der Waals surface area contributed by atoms with Crippen LogP contribution in [0.15, 0.2) is 47.5 Å². The first-order valence-electron chi connectivity index (χ1n) is 7.07. The van der Waals surface area contributed by atoms with E-state index in [4.69, 9.17) is 11.6 Å². The van der Waals surface area contributed by atoms with E-state index in [0.29, 0.717) is 5.39 Å². The summed E-state index contributed by atoms with van der Waals surface area (Å²) in [5.74, 6) is 0. The average Bonchev–Trinajstić information content (AvgIpc) is 2.97. The number of nitrogens with one attached hydrogen (secondary N) is 1. The van der Waals surface area contributed by atoms with Gasteiger partial charge in [0.2, 0.25) is 9.84 Å². The second-order valence-corrected chi connectivity index (χ2v) is 7.98. The first kappa shape index (κ1) is 16.1. The molecule has 0 amide bonds. The summed E-state index contributed by atoms with van der Waals surface area (Å²) in [6.07, 6.45) is 1.70. The van der Waals surface area contributed by atoms with Crippen LogP contribution in [0.1, 0.15) is 22.1 Å². The molecule has 0 saturated heterocycles. The summed E-state index contributed by atoms with van der Waals surface area (Å²) in [4.78, 5) is 3.11. The van der Waals surface area contributed by atoms with E-state index in [1.54, 1.807) is 30.5 Å². The van der Waals surface area contributed by atoms with Crippen molar-refractivity contribution in [2.24, 2.45) is 0 Å². The largest absolute Gasteiger partial charge is 0.373 e. The third-order valence-electron chi connectivity index (χ3n) is 3.92. The molecule has 0 bridgehead atoms. The number of aryl methyl sites for hydroxylation is 2. The third-order valence-corrected chi connectivity index (χ3v) is 5.99. The fourth-order valence-electron chi connectivity index (χ4n) is 2.65. The number of halogens is 1. The molecule has 0 aliphatic heterocycles. The van der Waals surface area contributed by atoms with Crippen molar-refractivity contribution in [3.05, 3.63) is 64.3 Å². The van der Waals surface area contributed by atoms with Gasteiger partial charge in [0.25, 0.3) is 0 Å². The fourth-order valence-corrected chi connectivity index (χ4v) is 4.42. The van der Waals surface area contributed by atoms with E-state index >= 15 is 0 Å².